The first-order valence-electron chi connectivity index (χ1n) is 10.1. The molecule has 30 heavy (non-hydrogen) atoms. The lowest BCUT2D eigenvalue weighted by Crippen LogP contribution is -2.42. The maximum absolute atomic E-state index is 13.8. The Morgan fingerprint density at radius 3 is 2.53 bits per heavy atom. The molecule has 5 rings (SSSR count). The van der Waals surface area contributed by atoms with Gasteiger partial charge >= 0.3 is 0 Å². The van der Waals surface area contributed by atoms with Crippen molar-refractivity contribution in [3.8, 4) is 0 Å². The van der Waals surface area contributed by atoms with Crippen LogP contribution in [0.5, 0.6) is 0 Å². The molecule has 0 spiro atoms. The average Bonchev–Trinajstić information content (AvgIpc) is 3.06. The van der Waals surface area contributed by atoms with E-state index in [1.807, 2.05) is 30.3 Å². The third kappa shape index (κ3) is 3.20. The van der Waals surface area contributed by atoms with Crippen molar-refractivity contribution in [2.75, 3.05) is 39.4 Å². The summed E-state index contributed by atoms with van der Waals surface area (Å²) >= 11 is 0. The molecule has 1 fully saturated rings. The van der Waals surface area contributed by atoms with E-state index in [0.29, 0.717) is 26.3 Å². The molecule has 1 amide bonds. The van der Waals surface area contributed by atoms with Crippen molar-refractivity contribution in [2.45, 2.75) is 6.04 Å². The van der Waals surface area contributed by atoms with E-state index in [4.69, 9.17) is 9.15 Å². The summed E-state index contributed by atoms with van der Waals surface area (Å²) in [6.07, 6.45) is 0. The van der Waals surface area contributed by atoms with E-state index in [1.165, 1.54) is 18.2 Å². The zero-order chi connectivity index (χ0) is 20.7. The Morgan fingerprint density at radius 1 is 1.00 bits per heavy atom. The Hall–Kier alpha value is -3.03. The Balaban J connectivity index is 1.60. The number of morpholine rings is 1. The molecule has 3 aromatic rings. The summed E-state index contributed by atoms with van der Waals surface area (Å²) in [7, 11) is 0. The van der Waals surface area contributed by atoms with Crippen molar-refractivity contribution in [3.63, 3.8) is 0 Å². The summed E-state index contributed by atoms with van der Waals surface area (Å²) in [6, 6.07) is 12.7. The fourth-order valence-electron chi connectivity index (χ4n) is 4.28. The van der Waals surface area contributed by atoms with Crippen LogP contribution in [-0.4, -0.2) is 55.1 Å². The molecule has 7 heteroatoms. The van der Waals surface area contributed by atoms with Gasteiger partial charge in [-0.3, -0.25) is 14.5 Å². The largest absolute Gasteiger partial charge is 0.450 e. The number of amides is 1. The van der Waals surface area contributed by atoms with Gasteiger partial charge in [0, 0.05) is 26.2 Å². The average molecular weight is 408 g/mol. The second kappa shape index (κ2) is 7.66. The standard InChI is InChI=1S/C23H21FN2O4/c24-16-6-7-18-17(14-16)21(27)19-20(15-4-2-1-3-5-15)26(23(28)22(19)30-18)9-8-25-10-12-29-13-11-25/h1-7,14,20H,8-13H2/t20-/m0/s1. The van der Waals surface area contributed by atoms with Gasteiger partial charge < -0.3 is 14.1 Å². The highest BCUT2D eigenvalue weighted by atomic mass is 19.1. The number of fused-ring (bicyclic) bond motifs is 2. The Morgan fingerprint density at radius 2 is 1.77 bits per heavy atom. The van der Waals surface area contributed by atoms with E-state index in [0.717, 1.165) is 18.7 Å². The van der Waals surface area contributed by atoms with Crippen molar-refractivity contribution in [1.82, 2.24) is 9.80 Å². The third-order valence-corrected chi connectivity index (χ3v) is 5.80. The van der Waals surface area contributed by atoms with Crippen LogP contribution in [0.4, 0.5) is 4.39 Å². The molecule has 1 saturated heterocycles. The summed E-state index contributed by atoms with van der Waals surface area (Å²) in [5.41, 5.74) is 0.970. The SMILES string of the molecule is O=C1c2oc3ccc(F)cc3c(=O)c2[C@H](c2ccccc2)N1CCN1CCOCC1. The van der Waals surface area contributed by atoms with Crippen molar-refractivity contribution in [3.05, 3.63) is 81.5 Å². The van der Waals surface area contributed by atoms with Gasteiger partial charge in [0.05, 0.1) is 30.2 Å². The normalized spacial score (nSPS) is 19.4. The lowest BCUT2D eigenvalue weighted by molar-refractivity contribution is 0.0314. The van der Waals surface area contributed by atoms with Gasteiger partial charge in [-0.2, -0.15) is 0 Å². The van der Waals surface area contributed by atoms with Gasteiger partial charge in [0.25, 0.3) is 5.91 Å². The Kier molecular flexibility index (Phi) is 4.84. The zero-order valence-electron chi connectivity index (χ0n) is 16.3. The minimum absolute atomic E-state index is 0.0509. The second-order valence-corrected chi connectivity index (χ2v) is 7.58. The first-order chi connectivity index (χ1) is 14.6. The van der Waals surface area contributed by atoms with E-state index in [-0.39, 0.29) is 33.6 Å². The van der Waals surface area contributed by atoms with Gasteiger partial charge in [0.15, 0.2) is 5.43 Å². The van der Waals surface area contributed by atoms with Crippen molar-refractivity contribution in [1.29, 1.82) is 0 Å². The molecule has 154 valence electrons. The van der Waals surface area contributed by atoms with Gasteiger partial charge in [-0.25, -0.2) is 4.39 Å². The second-order valence-electron chi connectivity index (χ2n) is 7.58. The third-order valence-electron chi connectivity index (χ3n) is 5.80. The molecule has 2 aromatic carbocycles. The molecule has 0 N–H and O–H groups in total. The minimum Gasteiger partial charge on any atom is -0.450 e. The number of hydrogen-bond donors (Lipinski definition) is 0. The van der Waals surface area contributed by atoms with Crippen molar-refractivity contribution < 1.29 is 18.3 Å². The lowest BCUT2D eigenvalue weighted by Gasteiger charge is -2.31. The molecule has 1 aromatic heterocycles. The summed E-state index contributed by atoms with van der Waals surface area (Å²) < 4.78 is 25.0. The van der Waals surface area contributed by atoms with E-state index in [1.54, 1.807) is 4.90 Å². The topological polar surface area (TPSA) is 63.0 Å². The molecule has 0 radical (unpaired) electrons. The van der Waals surface area contributed by atoms with Crippen LogP contribution in [0.15, 0.2) is 57.7 Å². The molecule has 2 aliphatic heterocycles. The van der Waals surface area contributed by atoms with Crippen LogP contribution in [-0.2, 0) is 4.74 Å². The van der Waals surface area contributed by atoms with Gasteiger partial charge in [0.2, 0.25) is 5.76 Å². The van der Waals surface area contributed by atoms with Gasteiger partial charge in [-0.05, 0) is 23.8 Å². The Labute approximate surface area is 172 Å². The van der Waals surface area contributed by atoms with Gasteiger partial charge in [0.1, 0.15) is 11.4 Å². The first kappa shape index (κ1) is 19.0. The number of ether oxygens (including phenoxy) is 1. The number of rotatable bonds is 4. The van der Waals surface area contributed by atoms with Crippen molar-refractivity contribution in [2.24, 2.45) is 0 Å². The fourth-order valence-corrected chi connectivity index (χ4v) is 4.28. The Bertz CT molecular complexity index is 1160. The van der Waals surface area contributed by atoms with E-state index < -0.39 is 11.9 Å². The molecule has 6 nitrogen and oxygen atoms in total. The molecule has 0 unspecified atom stereocenters. The van der Waals surface area contributed by atoms with Crippen LogP contribution in [0.1, 0.15) is 27.7 Å². The highest BCUT2D eigenvalue weighted by molar-refractivity contribution is 5.99. The number of nitrogens with zero attached hydrogens (tertiary/aromatic N) is 2. The molecule has 0 saturated carbocycles. The summed E-state index contributed by atoms with van der Waals surface area (Å²) in [5, 5.41) is 0.150. The quantitative estimate of drug-likeness (QED) is 0.664. The van der Waals surface area contributed by atoms with E-state index in [2.05, 4.69) is 4.90 Å². The summed E-state index contributed by atoms with van der Waals surface area (Å²) in [6.45, 7) is 4.10. The van der Waals surface area contributed by atoms with Crippen molar-refractivity contribution >= 4 is 16.9 Å². The minimum atomic E-state index is -0.557. The number of hydrogen-bond acceptors (Lipinski definition) is 5. The van der Waals surface area contributed by atoms with Crippen LogP contribution in [0.3, 0.4) is 0 Å². The van der Waals surface area contributed by atoms with Gasteiger partial charge in [-0.1, -0.05) is 30.3 Å². The number of carbonyl (C=O) groups excluding carboxylic acids is 1. The smallest absolute Gasteiger partial charge is 0.290 e. The van der Waals surface area contributed by atoms with Crippen LogP contribution >= 0.6 is 0 Å². The number of benzene rings is 2. The van der Waals surface area contributed by atoms with Crippen LogP contribution in [0.2, 0.25) is 0 Å². The zero-order valence-corrected chi connectivity index (χ0v) is 16.3. The van der Waals surface area contributed by atoms with Gasteiger partial charge in [-0.15, -0.1) is 0 Å². The monoisotopic (exact) mass is 408 g/mol. The number of carbonyl (C=O) groups is 1. The fraction of sp³-hybridized carbons (Fsp3) is 0.304. The summed E-state index contributed by atoms with van der Waals surface area (Å²) in [4.78, 5) is 30.5. The molecule has 0 bridgehead atoms. The molecular weight excluding hydrogens is 387 g/mol. The highest BCUT2D eigenvalue weighted by Crippen LogP contribution is 2.37. The van der Waals surface area contributed by atoms with Crippen LogP contribution < -0.4 is 5.43 Å². The lowest BCUT2D eigenvalue weighted by atomic mass is 9.98. The van der Waals surface area contributed by atoms with E-state index in [9.17, 15) is 14.0 Å². The predicted molar refractivity (Wildman–Crippen MR) is 109 cm³/mol. The maximum atomic E-state index is 13.8. The molecule has 0 aliphatic carbocycles. The summed E-state index contributed by atoms with van der Waals surface area (Å²) in [5.74, 6) is -0.773. The van der Waals surface area contributed by atoms with Crippen LogP contribution in [0, 0.1) is 5.82 Å². The highest BCUT2D eigenvalue weighted by Gasteiger charge is 2.42. The molecule has 3 heterocycles. The molecule has 1 atom stereocenters. The van der Waals surface area contributed by atoms with E-state index >= 15 is 0 Å². The predicted octanol–water partition coefficient (Wildman–Crippen LogP) is 2.81. The number of halogens is 1. The maximum Gasteiger partial charge on any atom is 0.290 e. The molecular formula is C23H21FN2O4. The first-order valence-corrected chi connectivity index (χ1v) is 10.1. The van der Waals surface area contributed by atoms with Crippen LogP contribution in [0.25, 0.3) is 11.0 Å². The molecule has 2 aliphatic rings.